The van der Waals surface area contributed by atoms with Crippen LogP contribution >= 0.6 is 23.2 Å². The molecule has 1 aromatic carbocycles. The largest absolute Gasteiger partial charge is 0.466 e. The molecule has 0 saturated carbocycles. The minimum Gasteiger partial charge on any atom is -0.466 e. The van der Waals surface area contributed by atoms with Crippen molar-refractivity contribution in [3.8, 4) is 23.0 Å². The van der Waals surface area contributed by atoms with E-state index in [0.29, 0.717) is 28.2 Å². The lowest BCUT2D eigenvalue weighted by Crippen LogP contribution is -1.93. The van der Waals surface area contributed by atoms with Gasteiger partial charge in [-0.05, 0) is 43.7 Å². The summed E-state index contributed by atoms with van der Waals surface area (Å²) in [4.78, 5) is 0. The quantitative estimate of drug-likeness (QED) is 0.633. The molecule has 0 aliphatic carbocycles. The Morgan fingerprint density at radius 2 is 1.96 bits per heavy atom. The minimum atomic E-state index is 0.145. The fraction of sp³-hybridized carbons (Fsp3) is 0.176. The maximum Gasteiger partial charge on any atom is 0.259 e. The van der Waals surface area contributed by atoms with Crippen molar-refractivity contribution in [2.45, 2.75) is 13.8 Å². The maximum atomic E-state index is 6.32. The monoisotopic (exact) mass is 378 g/mol. The van der Waals surface area contributed by atoms with E-state index < -0.39 is 0 Å². The second kappa shape index (κ2) is 6.13. The van der Waals surface area contributed by atoms with E-state index >= 15 is 0 Å². The fourth-order valence-electron chi connectivity index (χ4n) is 2.55. The Bertz CT molecular complexity index is 991. The van der Waals surface area contributed by atoms with Gasteiger partial charge in [0.25, 0.3) is 11.8 Å². The van der Waals surface area contributed by atoms with E-state index in [4.69, 9.17) is 41.5 Å². The van der Waals surface area contributed by atoms with E-state index in [2.05, 4.69) is 10.2 Å². The number of benzene rings is 1. The van der Waals surface area contributed by atoms with Crippen LogP contribution in [0.3, 0.4) is 0 Å². The van der Waals surface area contributed by atoms with Crippen LogP contribution in [0, 0.1) is 13.8 Å². The molecule has 0 atom stereocenters. The van der Waals surface area contributed by atoms with Crippen LogP contribution in [-0.4, -0.2) is 17.0 Å². The summed E-state index contributed by atoms with van der Waals surface area (Å²) in [6.45, 7) is 3.83. The van der Waals surface area contributed by atoms with Crippen LogP contribution in [0.25, 0.3) is 22.6 Å². The Hall–Kier alpha value is -2.44. The third-order valence-corrected chi connectivity index (χ3v) is 4.20. The maximum absolute atomic E-state index is 6.32. The van der Waals surface area contributed by atoms with Crippen LogP contribution in [0.4, 0.5) is 0 Å². The number of hydrogen-bond acceptors (Lipinski definition) is 6. The highest BCUT2D eigenvalue weighted by atomic mass is 35.5. The summed E-state index contributed by atoms with van der Waals surface area (Å²) in [5, 5.41) is 8.74. The normalized spacial score (nSPS) is 13.5. The predicted molar refractivity (Wildman–Crippen MR) is 92.8 cm³/mol. The first-order chi connectivity index (χ1) is 12.0. The van der Waals surface area contributed by atoms with Gasteiger partial charge < -0.3 is 18.3 Å². The molecule has 25 heavy (non-hydrogen) atoms. The number of fused-ring (bicyclic) bond motifs is 1. The smallest absolute Gasteiger partial charge is 0.259 e. The van der Waals surface area contributed by atoms with Gasteiger partial charge in [0.05, 0.1) is 10.6 Å². The highest BCUT2D eigenvalue weighted by molar-refractivity contribution is 6.50. The first-order valence-corrected chi connectivity index (χ1v) is 8.14. The van der Waals surface area contributed by atoms with Gasteiger partial charge in [0.15, 0.2) is 11.5 Å². The van der Waals surface area contributed by atoms with E-state index in [1.165, 1.54) is 0 Å². The van der Waals surface area contributed by atoms with Crippen molar-refractivity contribution in [2.75, 3.05) is 6.79 Å². The zero-order valence-corrected chi connectivity index (χ0v) is 14.8. The van der Waals surface area contributed by atoms with Crippen LogP contribution in [0.15, 0.2) is 27.0 Å². The molecule has 2 aromatic heterocycles. The summed E-state index contributed by atoms with van der Waals surface area (Å²) in [6.07, 6.45) is 1.67. The summed E-state index contributed by atoms with van der Waals surface area (Å²) in [6, 6.07) is 5.33. The Morgan fingerprint density at radius 1 is 1.12 bits per heavy atom. The SMILES string of the molecule is Cc1cc(-c2nnc(/C(Cl)=C/c3cc(Cl)c4c(c3)OCO4)o2)c(C)o1. The van der Waals surface area contributed by atoms with Gasteiger partial charge in [-0.1, -0.05) is 23.2 Å². The first kappa shape index (κ1) is 16.1. The zero-order valence-electron chi connectivity index (χ0n) is 13.3. The van der Waals surface area contributed by atoms with Crippen molar-refractivity contribution < 1.29 is 18.3 Å². The van der Waals surface area contributed by atoms with Crippen LogP contribution in [0.2, 0.25) is 5.02 Å². The molecular weight excluding hydrogens is 367 g/mol. The number of aryl methyl sites for hydroxylation is 2. The van der Waals surface area contributed by atoms with E-state index in [-0.39, 0.29) is 17.7 Å². The highest BCUT2D eigenvalue weighted by Crippen LogP contribution is 2.40. The molecule has 0 saturated heterocycles. The lowest BCUT2D eigenvalue weighted by atomic mass is 10.2. The molecule has 128 valence electrons. The van der Waals surface area contributed by atoms with Crippen LogP contribution in [-0.2, 0) is 0 Å². The number of furan rings is 1. The summed E-state index contributed by atoms with van der Waals surface area (Å²) in [5.41, 5.74) is 1.47. The molecule has 1 aliphatic heterocycles. The van der Waals surface area contributed by atoms with Gasteiger partial charge >= 0.3 is 0 Å². The van der Waals surface area contributed by atoms with Gasteiger partial charge in [-0.2, -0.15) is 0 Å². The number of nitrogens with zero attached hydrogens (tertiary/aromatic N) is 2. The van der Waals surface area contributed by atoms with Gasteiger partial charge in [0, 0.05) is 0 Å². The second-order valence-corrected chi connectivity index (χ2v) is 6.28. The summed E-state index contributed by atoms with van der Waals surface area (Å²) in [5.74, 6) is 3.11. The Kier molecular flexibility index (Phi) is 3.94. The van der Waals surface area contributed by atoms with Crippen LogP contribution < -0.4 is 9.47 Å². The minimum absolute atomic E-state index is 0.145. The van der Waals surface area contributed by atoms with Crippen LogP contribution in [0.5, 0.6) is 11.5 Å². The third kappa shape index (κ3) is 2.99. The molecule has 8 heteroatoms. The van der Waals surface area contributed by atoms with E-state index in [9.17, 15) is 0 Å². The summed E-state index contributed by atoms with van der Waals surface area (Å²) < 4.78 is 21.7. The topological polar surface area (TPSA) is 70.5 Å². The lowest BCUT2D eigenvalue weighted by molar-refractivity contribution is 0.174. The molecule has 0 radical (unpaired) electrons. The van der Waals surface area contributed by atoms with Crippen molar-refractivity contribution in [1.82, 2.24) is 10.2 Å². The predicted octanol–water partition coefficient (Wildman–Crippen LogP) is 5.07. The standard InChI is InChI=1S/C17H12Cl2N2O4/c1-8-3-11(9(2)24-8)16-20-21-17(25-16)13(19)5-10-4-12(18)15-14(6-10)22-7-23-15/h3-6H,7H2,1-2H3/b13-5-. The summed E-state index contributed by atoms with van der Waals surface area (Å²) >= 11 is 12.5. The number of rotatable bonds is 3. The molecule has 1 aliphatic rings. The van der Waals surface area contributed by atoms with Crippen molar-refractivity contribution >= 4 is 34.3 Å². The van der Waals surface area contributed by atoms with Crippen molar-refractivity contribution in [3.63, 3.8) is 0 Å². The molecule has 0 bridgehead atoms. The molecule has 6 nitrogen and oxygen atoms in total. The molecule has 0 N–H and O–H groups in total. The summed E-state index contributed by atoms with van der Waals surface area (Å²) in [7, 11) is 0. The van der Waals surface area contributed by atoms with Gasteiger partial charge in [-0.15, -0.1) is 10.2 Å². The highest BCUT2D eigenvalue weighted by Gasteiger charge is 2.19. The van der Waals surface area contributed by atoms with Crippen LogP contribution in [0.1, 0.15) is 23.0 Å². The van der Waals surface area contributed by atoms with E-state index in [1.807, 2.05) is 19.9 Å². The Balaban J connectivity index is 1.65. The number of ether oxygens (including phenoxy) is 2. The van der Waals surface area contributed by atoms with Gasteiger partial charge in [-0.3, -0.25) is 0 Å². The molecule has 0 unspecified atom stereocenters. The number of hydrogen-bond donors (Lipinski definition) is 0. The molecule has 0 spiro atoms. The van der Waals surface area contributed by atoms with Crippen molar-refractivity contribution in [1.29, 1.82) is 0 Å². The average molecular weight is 379 g/mol. The molecular formula is C17H12Cl2N2O4. The number of aromatic nitrogens is 2. The Labute approximate surface area is 153 Å². The molecule has 3 heterocycles. The van der Waals surface area contributed by atoms with Gasteiger partial charge in [0.1, 0.15) is 16.6 Å². The second-order valence-electron chi connectivity index (χ2n) is 5.47. The first-order valence-electron chi connectivity index (χ1n) is 7.39. The molecule has 4 rings (SSSR count). The fourth-order valence-corrected chi connectivity index (χ4v) is 3.03. The van der Waals surface area contributed by atoms with Crippen molar-refractivity contribution in [3.05, 3.63) is 46.2 Å². The zero-order chi connectivity index (χ0) is 17.6. The Morgan fingerprint density at radius 3 is 2.72 bits per heavy atom. The molecule has 0 fully saturated rings. The third-order valence-electron chi connectivity index (χ3n) is 3.64. The number of halogens is 2. The van der Waals surface area contributed by atoms with Crippen molar-refractivity contribution in [2.24, 2.45) is 0 Å². The molecule has 0 amide bonds. The van der Waals surface area contributed by atoms with Gasteiger partial charge in [-0.25, -0.2) is 0 Å². The lowest BCUT2D eigenvalue weighted by Gasteiger charge is -2.01. The average Bonchev–Trinajstić information content (AvgIpc) is 3.26. The van der Waals surface area contributed by atoms with Gasteiger partial charge in [0.2, 0.25) is 6.79 Å². The van der Waals surface area contributed by atoms with E-state index in [1.54, 1.807) is 18.2 Å². The van der Waals surface area contributed by atoms with E-state index in [0.717, 1.165) is 16.9 Å². The molecule has 3 aromatic rings.